The van der Waals surface area contributed by atoms with Crippen LogP contribution in [0.1, 0.15) is 22.6 Å². The van der Waals surface area contributed by atoms with Gasteiger partial charge in [0.2, 0.25) is 11.8 Å². The molecule has 4 rings (SSSR count). The Labute approximate surface area is 145 Å². The number of nitrogens with zero attached hydrogens (tertiary/aromatic N) is 2. The van der Waals surface area contributed by atoms with Gasteiger partial charge in [-0.3, -0.25) is 5.10 Å². The molecule has 1 aromatic heterocycles. The Morgan fingerprint density at radius 2 is 1.96 bits per heavy atom. The SMILES string of the molecule is Cc1cccc(C2C(C#N)=C(N)Oc3n[nH]c(-c4ccccc4)c32)c1. The number of nitrogens with two attached hydrogens (primary N) is 1. The fourth-order valence-corrected chi connectivity index (χ4v) is 3.25. The first-order chi connectivity index (χ1) is 12.2. The van der Waals surface area contributed by atoms with E-state index in [1.165, 1.54) is 0 Å². The van der Waals surface area contributed by atoms with E-state index in [1.807, 2.05) is 55.5 Å². The molecule has 5 heteroatoms. The third kappa shape index (κ3) is 2.45. The number of hydrogen-bond donors (Lipinski definition) is 2. The summed E-state index contributed by atoms with van der Waals surface area (Å²) in [5.41, 5.74) is 11.2. The molecule has 122 valence electrons. The van der Waals surface area contributed by atoms with Crippen molar-refractivity contribution in [2.75, 3.05) is 0 Å². The van der Waals surface area contributed by atoms with Gasteiger partial charge in [-0.05, 0) is 18.1 Å². The van der Waals surface area contributed by atoms with Crippen molar-refractivity contribution in [2.24, 2.45) is 5.73 Å². The molecule has 3 aromatic rings. The Morgan fingerprint density at radius 3 is 2.68 bits per heavy atom. The van der Waals surface area contributed by atoms with Crippen LogP contribution >= 0.6 is 0 Å². The summed E-state index contributed by atoms with van der Waals surface area (Å²) in [7, 11) is 0. The lowest BCUT2D eigenvalue weighted by atomic mass is 9.82. The van der Waals surface area contributed by atoms with Gasteiger partial charge in [0.1, 0.15) is 11.6 Å². The van der Waals surface area contributed by atoms with E-state index in [-0.39, 0.29) is 11.8 Å². The van der Waals surface area contributed by atoms with Crippen LogP contribution in [0.2, 0.25) is 0 Å². The van der Waals surface area contributed by atoms with Gasteiger partial charge in [-0.2, -0.15) is 5.26 Å². The summed E-state index contributed by atoms with van der Waals surface area (Å²) in [6, 6.07) is 20.2. The normalized spacial score (nSPS) is 16.1. The minimum absolute atomic E-state index is 0.104. The first-order valence-electron chi connectivity index (χ1n) is 7.97. The quantitative estimate of drug-likeness (QED) is 0.752. The van der Waals surface area contributed by atoms with Crippen molar-refractivity contribution in [2.45, 2.75) is 12.8 Å². The zero-order chi connectivity index (χ0) is 17.4. The van der Waals surface area contributed by atoms with Crippen LogP contribution in [0.25, 0.3) is 11.3 Å². The molecule has 25 heavy (non-hydrogen) atoms. The molecule has 0 spiro atoms. The molecular weight excluding hydrogens is 312 g/mol. The van der Waals surface area contributed by atoms with Crippen molar-refractivity contribution in [3.63, 3.8) is 0 Å². The lowest BCUT2D eigenvalue weighted by Gasteiger charge is -2.24. The number of rotatable bonds is 2. The molecular formula is C20H16N4O. The van der Waals surface area contributed by atoms with Gasteiger partial charge in [-0.25, -0.2) is 0 Å². The lowest BCUT2D eigenvalue weighted by molar-refractivity contribution is 0.379. The standard InChI is InChI=1S/C20H16N4O/c1-12-6-5-9-14(10-12)16-15(11-21)19(22)25-20-17(16)18(23-24-20)13-7-3-2-4-8-13/h2-10,16H,22H2,1H3,(H,23,24). The van der Waals surface area contributed by atoms with Crippen LogP contribution in [-0.2, 0) is 0 Å². The lowest BCUT2D eigenvalue weighted by Crippen LogP contribution is -2.21. The highest BCUT2D eigenvalue weighted by atomic mass is 16.5. The largest absolute Gasteiger partial charge is 0.420 e. The van der Waals surface area contributed by atoms with E-state index < -0.39 is 0 Å². The molecule has 3 N–H and O–H groups in total. The van der Waals surface area contributed by atoms with E-state index in [4.69, 9.17) is 10.5 Å². The number of nitriles is 1. The molecule has 1 atom stereocenters. The molecule has 0 aliphatic carbocycles. The number of fused-ring (bicyclic) bond motifs is 1. The summed E-state index contributed by atoms with van der Waals surface area (Å²) in [6.45, 7) is 2.02. The van der Waals surface area contributed by atoms with Crippen molar-refractivity contribution >= 4 is 0 Å². The number of H-pyrrole nitrogens is 1. The second-order valence-corrected chi connectivity index (χ2v) is 6.02. The van der Waals surface area contributed by atoms with Gasteiger partial charge in [0.05, 0.1) is 17.2 Å². The molecule has 1 aliphatic heterocycles. The van der Waals surface area contributed by atoms with Crippen LogP contribution in [0.4, 0.5) is 0 Å². The molecule has 0 fully saturated rings. The Balaban J connectivity index is 1.97. The van der Waals surface area contributed by atoms with Crippen molar-refractivity contribution in [3.8, 4) is 23.2 Å². The number of hydrogen-bond acceptors (Lipinski definition) is 4. The van der Waals surface area contributed by atoms with Gasteiger partial charge in [0, 0.05) is 0 Å². The fraction of sp³-hybridized carbons (Fsp3) is 0.100. The van der Waals surface area contributed by atoms with Gasteiger partial charge in [0.25, 0.3) is 0 Å². The molecule has 2 heterocycles. The van der Waals surface area contributed by atoms with Gasteiger partial charge in [0.15, 0.2) is 0 Å². The van der Waals surface area contributed by atoms with Gasteiger partial charge in [-0.1, -0.05) is 60.2 Å². The summed E-state index contributed by atoms with van der Waals surface area (Å²) in [4.78, 5) is 0. The third-order valence-corrected chi connectivity index (χ3v) is 4.38. The summed E-state index contributed by atoms with van der Waals surface area (Å²) in [5.74, 6) is 0.206. The van der Waals surface area contributed by atoms with Crippen LogP contribution < -0.4 is 10.5 Å². The van der Waals surface area contributed by atoms with Crippen molar-refractivity contribution in [3.05, 3.63) is 82.7 Å². The molecule has 1 aliphatic rings. The molecule has 0 radical (unpaired) electrons. The monoisotopic (exact) mass is 328 g/mol. The van der Waals surface area contributed by atoms with Crippen LogP contribution in [0, 0.1) is 18.3 Å². The smallest absolute Gasteiger partial charge is 0.244 e. The predicted octanol–water partition coefficient (Wildman–Crippen LogP) is 3.60. The Bertz CT molecular complexity index is 1010. The van der Waals surface area contributed by atoms with E-state index in [1.54, 1.807) is 0 Å². The van der Waals surface area contributed by atoms with Crippen molar-refractivity contribution in [1.82, 2.24) is 10.2 Å². The highest BCUT2D eigenvalue weighted by molar-refractivity contribution is 5.70. The highest BCUT2D eigenvalue weighted by Gasteiger charge is 2.35. The van der Waals surface area contributed by atoms with Gasteiger partial charge < -0.3 is 10.5 Å². The summed E-state index contributed by atoms with van der Waals surface area (Å²) < 4.78 is 5.61. The zero-order valence-corrected chi connectivity index (χ0v) is 13.7. The van der Waals surface area contributed by atoms with E-state index in [9.17, 15) is 5.26 Å². The van der Waals surface area contributed by atoms with Crippen LogP contribution in [0.3, 0.4) is 0 Å². The number of aromatic nitrogens is 2. The fourth-order valence-electron chi connectivity index (χ4n) is 3.25. The third-order valence-electron chi connectivity index (χ3n) is 4.38. The maximum absolute atomic E-state index is 9.69. The zero-order valence-electron chi connectivity index (χ0n) is 13.7. The molecule has 0 saturated carbocycles. The number of nitrogens with one attached hydrogen (secondary N) is 1. The average Bonchev–Trinajstić information content (AvgIpc) is 3.04. The minimum Gasteiger partial charge on any atom is -0.420 e. The van der Waals surface area contributed by atoms with Gasteiger partial charge >= 0.3 is 0 Å². The summed E-state index contributed by atoms with van der Waals surface area (Å²) in [5, 5.41) is 17.0. The number of aromatic amines is 1. The second-order valence-electron chi connectivity index (χ2n) is 6.02. The molecule has 2 aromatic carbocycles. The van der Waals surface area contributed by atoms with Crippen LogP contribution in [0.5, 0.6) is 5.88 Å². The van der Waals surface area contributed by atoms with E-state index in [0.717, 1.165) is 27.9 Å². The number of allylic oxidation sites excluding steroid dienone is 1. The van der Waals surface area contributed by atoms with Crippen molar-refractivity contribution in [1.29, 1.82) is 5.26 Å². The molecule has 5 nitrogen and oxygen atoms in total. The molecule has 0 bridgehead atoms. The number of ether oxygens (including phenoxy) is 1. The summed E-state index contributed by atoms with van der Waals surface area (Å²) in [6.07, 6.45) is 0. The predicted molar refractivity (Wildman–Crippen MR) is 94.5 cm³/mol. The first kappa shape index (κ1) is 15.0. The van der Waals surface area contributed by atoms with E-state index in [2.05, 4.69) is 22.3 Å². The van der Waals surface area contributed by atoms with Gasteiger partial charge in [-0.15, -0.1) is 5.10 Å². The topological polar surface area (TPSA) is 87.7 Å². The average molecular weight is 328 g/mol. The first-order valence-corrected chi connectivity index (χ1v) is 7.97. The van der Waals surface area contributed by atoms with E-state index >= 15 is 0 Å². The Kier molecular flexibility index (Phi) is 3.51. The van der Waals surface area contributed by atoms with Crippen LogP contribution in [-0.4, -0.2) is 10.2 Å². The summed E-state index contributed by atoms with van der Waals surface area (Å²) >= 11 is 0. The molecule has 0 saturated heterocycles. The molecule has 0 amide bonds. The molecule has 1 unspecified atom stereocenters. The van der Waals surface area contributed by atoms with Crippen molar-refractivity contribution < 1.29 is 4.74 Å². The highest BCUT2D eigenvalue weighted by Crippen LogP contribution is 2.45. The Morgan fingerprint density at radius 1 is 1.16 bits per heavy atom. The minimum atomic E-state index is -0.317. The number of aryl methyl sites for hydroxylation is 1. The van der Waals surface area contributed by atoms with E-state index in [0.29, 0.717) is 11.5 Å². The maximum atomic E-state index is 9.69. The maximum Gasteiger partial charge on any atom is 0.244 e. The second kappa shape index (κ2) is 5.84. The number of benzene rings is 2. The van der Waals surface area contributed by atoms with Crippen LogP contribution in [0.15, 0.2) is 66.1 Å². The Hall–Kier alpha value is -3.52.